The van der Waals surface area contributed by atoms with Crippen molar-refractivity contribution in [2.24, 2.45) is 0 Å². The van der Waals surface area contributed by atoms with E-state index in [-0.39, 0.29) is 13.2 Å². The molecule has 0 aromatic rings. The topological polar surface area (TPSA) is 49.7 Å². The van der Waals surface area contributed by atoms with Gasteiger partial charge in [0.1, 0.15) is 0 Å². The van der Waals surface area contributed by atoms with Gasteiger partial charge < -0.3 is 14.9 Å². The summed E-state index contributed by atoms with van der Waals surface area (Å²) in [6, 6.07) is 0. The number of hydrogen-bond acceptors (Lipinski definition) is 3. The van der Waals surface area contributed by atoms with Crippen LogP contribution in [-0.2, 0) is 4.74 Å². The lowest BCUT2D eigenvalue weighted by atomic mass is 10.7. The molecule has 3 nitrogen and oxygen atoms in total. The third-order valence-corrected chi connectivity index (χ3v) is 0.471. The van der Waals surface area contributed by atoms with Crippen LogP contribution < -0.4 is 0 Å². The molecule has 0 aliphatic heterocycles. The van der Waals surface area contributed by atoms with Crippen LogP contribution in [0.3, 0.4) is 0 Å². The van der Waals surface area contributed by atoms with Crippen LogP contribution in [0.15, 0.2) is 0 Å². The van der Waals surface area contributed by atoms with Gasteiger partial charge in [0.25, 0.3) is 0 Å². The van der Waals surface area contributed by atoms with Crippen molar-refractivity contribution in [3.8, 4) is 0 Å². The van der Waals surface area contributed by atoms with Crippen molar-refractivity contribution >= 4 is 15.9 Å². The fraction of sp³-hybridized carbons (Fsp3) is 1.00. The molecule has 0 spiro atoms. The SMILES string of the molecule is CBr.OCCOCCO. The molecule has 0 amide bonds. The van der Waals surface area contributed by atoms with Crippen molar-refractivity contribution in [2.45, 2.75) is 0 Å². The average molecular weight is 201 g/mol. The van der Waals surface area contributed by atoms with Gasteiger partial charge in [-0.3, -0.25) is 0 Å². The number of ether oxygens (including phenoxy) is 1. The maximum Gasteiger partial charge on any atom is 0.0698 e. The molecule has 0 saturated carbocycles. The number of aliphatic hydroxyl groups excluding tert-OH is 2. The fourth-order valence-electron chi connectivity index (χ4n) is 0.231. The van der Waals surface area contributed by atoms with Crippen molar-refractivity contribution in [3.05, 3.63) is 0 Å². The van der Waals surface area contributed by atoms with E-state index >= 15 is 0 Å². The lowest BCUT2D eigenvalue weighted by Crippen LogP contribution is -2.03. The Morgan fingerprint density at radius 3 is 1.67 bits per heavy atom. The number of alkyl halides is 1. The largest absolute Gasteiger partial charge is 0.394 e. The van der Waals surface area contributed by atoms with E-state index in [1.807, 2.05) is 5.83 Å². The number of halogens is 1. The lowest BCUT2D eigenvalue weighted by Gasteiger charge is -1.94. The Balaban J connectivity index is 0. The van der Waals surface area contributed by atoms with Crippen molar-refractivity contribution in [1.29, 1.82) is 0 Å². The van der Waals surface area contributed by atoms with Crippen LogP contribution in [0.25, 0.3) is 0 Å². The maximum absolute atomic E-state index is 8.09. The standard InChI is InChI=1S/C4H10O3.CH3Br/c5-1-3-7-4-2-6;1-2/h5-6H,1-4H2;1H3. The highest BCUT2D eigenvalue weighted by Crippen LogP contribution is 1.68. The van der Waals surface area contributed by atoms with Crippen molar-refractivity contribution < 1.29 is 14.9 Å². The molecule has 0 bridgehead atoms. The van der Waals surface area contributed by atoms with Crippen LogP contribution in [-0.4, -0.2) is 42.5 Å². The molecule has 0 rings (SSSR count). The molecule has 0 heterocycles. The number of rotatable bonds is 4. The van der Waals surface area contributed by atoms with E-state index in [4.69, 9.17) is 10.2 Å². The molecular formula is C5H13BrO3. The first-order valence-electron chi connectivity index (χ1n) is 2.59. The van der Waals surface area contributed by atoms with Crippen LogP contribution >= 0.6 is 15.9 Å². The van der Waals surface area contributed by atoms with Crippen molar-refractivity contribution in [3.63, 3.8) is 0 Å². The van der Waals surface area contributed by atoms with Crippen molar-refractivity contribution in [2.75, 3.05) is 32.3 Å². The molecule has 4 heteroatoms. The molecule has 0 fully saturated rings. The summed E-state index contributed by atoms with van der Waals surface area (Å²) in [5.74, 6) is 1.81. The molecule has 0 radical (unpaired) electrons. The van der Waals surface area contributed by atoms with Gasteiger partial charge in [-0.05, 0) is 5.83 Å². The summed E-state index contributed by atoms with van der Waals surface area (Å²) in [4.78, 5) is 0. The Morgan fingerprint density at radius 2 is 1.44 bits per heavy atom. The molecule has 2 N–H and O–H groups in total. The smallest absolute Gasteiger partial charge is 0.0698 e. The van der Waals surface area contributed by atoms with E-state index in [2.05, 4.69) is 20.7 Å². The van der Waals surface area contributed by atoms with Gasteiger partial charge in [-0.1, -0.05) is 15.9 Å². The second-order valence-electron chi connectivity index (χ2n) is 1.06. The Morgan fingerprint density at radius 1 is 1.11 bits per heavy atom. The zero-order valence-electron chi connectivity index (χ0n) is 5.51. The third-order valence-electron chi connectivity index (χ3n) is 0.471. The first kappa shape index (κ1) is 12.1. The minimum Gasteiger partial charge on any atom is -0.394 e. The highest BCUT2D eigenvalue weighted by atomic mass is 79.9. The predicted molar refractivity (Wildman–Crippen MR) is 39.8 cm³/mol. The van der Waals surface area contributed by atoms with E-state index in [1.165, 1.54) is 0 Å². The lowest BCUT2D eigenvalue weighted by molar-refractivity contribution is 0.0650. The van der Waals surface area contributed by atoms with Crippen LogP contribution in [0.5, 0.6) is 0 Å². The van der Waals surface area contributed by atoms with Gasteiger partial charge in [0.05, 0.1) is 26.4 Å². The van der Waals surface area contributed by atoms with Gasteiger partial charge in [-0.2, -0.15) is 0 Å². The Labute approximate surface area is 63.8 Å². The monoisotopic (exact) mass is 200 g/mol. The summed E-state index contributed by atoms with van der Waals surface area (Å²) in [6.45, 7) is 0.696. The summed E-state index contributed by atoms with van der Waals surface area (Å²) < 4.78 is 4.63. The maximum atomic E-state index is 8.09. The third kappa shape index (κ3) is 17.8. The van der Waals surface area contributed by atoms with E-state index < -0.39 is 0 Å². The number of hydrogen-bond donors (Lipinski definition) is 2. The number of aliphatic hydroxyl groups is 2. The van der Waals surface area contributed by atoms with Crippen LogP contribution in [0, 0.1) is 0 Å². The molecule has 0 aromatic heterocycles. The molecule has 58 valence electrons. The molecule has 0 aromatic carbocycles. The highest BCUT2D eigenvalue weighted by Gasteiger charge is 1.79. The first-order chi connectivity index (χ1) is 4.41. The van der Waals surface area contributed by atoms with Crippen LogP contribution in [0.1, 0.15) is 0 Å². The fourth-order valence-corrected chi connectivity index (χ4v) is 0.231. The van der Waals surface area contributed by atoms with E-state index in [9.17, 15) is 0 Å². The summed E-state index contributed by atoms with van der Waals surface area (Å²) in [7, 11) is 0. The Hall–Kier alpha value is 0.360. The van der Waals surface area contributed by atoms with Gasteiger partial charge in [0, 0.05) is 0 Å². The predicted octanol–water partition coefficient (Wildman–Crippen LogP) is -0.00130. The molecule has 0 aliphatic rings. The summed E-state index contributed by atoms with van der Waals surface area (Å²) in [5, 5.41) is 16.2. The van der Waals surface area contributed by atoms with Gasteiger partial charge in [-0.15, -0.1) is 0 Å². The molecule has 0 atom stereocenters. The van der Waals surface area contributed by atoms with Crippen LogP contribution in [0.4, 0.5) is 0 Å². The normalized spacial score (nSPS) is 8.00. The Kier molecular flexibility index (Phi) is 21.2. The summed E-state index contributed by atoms with van der Waals surface area (Å²) >= 11 is 2.94. The minimum absolute atomic E-state index is 0.0278. The zero-order chi connectivity index (χ0) is 7.54. The van der Waals surface area contributed by atoms with E-state index in [0.717, 1.165) is 0 Å². The van der Waals surface area contributed by atoms with E-state index in [1.54, 1.807) is 0 Å². The van der Waals surface area contributed by atoms with Crippen molar-refractivity contribution in [1.82, 2.24) is 0 Å². The van der Waals surface area contributed by atoms with Gasteiger partial charge in [0.2, 0.25) is 0 Å². The van der Waals surface area contributed by atoms with Gasteiger partial charge in [-0.25, -0.2) is 0 Å². The second kappa shape index (κ2) is 15.8. The van der Waals surface area contributed by atoms with Crippen LogP contribution in [0.2, 0.25) is 0 Å². The van der Waals surface area contributed by atoms with Gasteiger partial charge >= 0.3 is 0 Å². The Bertz CT molecular complexity index is 31.4. The molecule has 0 saturated heterocycles. The first-order valence-corrected chi connectivity index (χ1v) is 4.17. The quantitative estimate of drug-likeness (QED) is 0.497. The highest BCUT2D eigenvalue weighted by molar-refractivity contribution is 9.08. The molecule has 9 heavy (non-hydrogen) atoms. The van der Waals surface area contributed by atoms with E-state index in [0.29, 0.717) is 13.2 Å². The zero-order valence-corrected chi connectivity index (χ0v) is 7.10. The molecular weight excluding hydrogens is 188 g/mol. The minimum atomic E-state index is 0.0278. The summed E-state index contributed by atoms with van der Waals surface area (Å²) in [5.41, 5.74) is 0. The molecule has 0 aliphatic carbocycles. The summed E-state index contributed by atoms with van der Waals surface area (Å²) in [6.07, 6.45) is 0. The second-order valence-corrected chi connectivity index (χ2v) is 1.06. The average Bonchev–Trinajstić information content (AvgIpc) is 1.94. The van der Waals surface area contributed by atoms with Gasteiger partial charge in [0.15, 0.2) is 0 Å². The molecule has 0 unspecified atom stereocenters.